The Morgan fingerprint density at radius 3 is 1.86 bits per heavy atom. The van der Waals surface area contributed by atoms with E-state index in [0.29, 0.717) is 0 Å². The van der Waals surface area contributed by atoms with Crippen molar-refractivity contribution in [1.82, 2.24) is 0 Å². The summed E-state index contributed by atoms with van der Waals surface area (Å²) in [6, 6.07) is 0. The van der Waals surface area contributed by atoms with Gasteiger partial charge in [-0.05, 0) is 13.8 Å². The van der Waals surface area contributed by atoms with Crippen molar-refractivity contribution in [1.29, 1.82) is 0 Å². The molecule has 0 atom stereocenters. The van der Waals surface area contributed by atoms with Crippen LogP contribution in [0.1, 0.15) is 20.3 Å². The fraction of sp³-hybridized carbons (Fsp3) is 1.00. The van der Waals surface area contributed by atoms with Crippen LogP contribution in [0.4, 0.5) is 13.2 Å². The number of hydrogen-bond acceptors (Lipinski definition) is 3. The van der Waals surface area contributed by atoms with E-state index in [4.69, 9.17) is 9.05 Å². The largest absolute Gasteiger partial charge is 0.389 e. The van der Waals surface area contributed by atoms with Crippen LogP contribution in [0.15, 0.2) is 0 Å². The normalized spacial score (nSPS) is 13.2. The van der Waals surface area contributed by atoms with Gasteiger partial charge in [-0.25, -0.2) is 0 Å². The Balaban J connectivity index is 4.16. The van der Waals surface area contributed by atoms with Crippen molar-refractivity contribution >= 4 is 7.60 Å². The molecule has 0 unspecified atom stereocenters. The lowest BCUT2D eigenvalue weighted by atomic mass is 10.5. The molecular weight excluding hydrogens is 220 g/mol. The van der Waals surface area contributed by atoms with Crippen LogP contribution >= 0.6 is 7.60 Å². The smallest absolute Gasteiger partial charge is 0.309 e. The third-order valence-electron chi connectivity index (χ3n) is 1.32. The summed E-state index contributed by atoms with van der Waals surface area (Å²) < 4.78 is 56.4. The Bertz CT molecular complexity index is 195. The summed E-state index contributed by atoms with van der Waals surface area (Å²) in [7, 11) is -3.54. The molecule has 86 valence electrons. The van der Waals surface area contributed by atoms with Crippen molar-refractivity contribution in [2.45, 2.75) is 26.4 Å². The molecule has 3 nitrogen and oxygen atoms in total. The zero-order valence-electron chi connectivity index (χ0n) is 8.13. The molecule has 0 aromatic heterocycles. The number of rotatable bonds is 6. The first kappa shape index (κ1) is 13.9. The van der Waals surface area contributed by atoms with Crippen molar-refractivity contribution in [3.63, 3.8) is 0 Å². The van der Waals surface area contributed by atoms with E-state index >= 15 is 0 Å². The van der Waals surface area contributed by atoms with Crippen LogP contribution in [0.3, 0.4) is 0 Å². The first-order valence-corrected chi connectivity index (χ1v) is 6.00. The molecule has 0 bridgehead atoms. The zero-order chi connectivity index (χ0) is 11.2. The third-order valence-corrected chi connectivity index (χ3v) is 3.40. The van der Waals surface area contributed by atoms with Crippen molar-refractivity contribution in [3.05, 3.63) is 0 Å². The highest BCUT2D eigenvalue weighted by atomic mass is 31.2. The van der Waals surface area contributed by atoms with E-state index < -0.39 is 26.4 Å². The summed E-state index contributed by atoms with van der Waals surface area (Å²) >= 11 is 0. The molecule has 0 spiro atoms. The standard InChI is InChI=1S/C7H14F3O3P/c1-3-12-14(11,13-4-2)6-5-7(8,9)10/h3-6H2,1-2H3. The first-order valence-electron chi connectivity index (χ1n) is 4.28. The van der Waals surface area contributed by atoms with E-state index in [-0.39, 0.29) is 13.2 Å². The maximum absolute atomic E-state index is 11.8. The van der Waals surface area contributed by atoms with Crippen molar-refractivity contribution in [3.8, 4) is 0 Å². The van der Waals surface area contributed by atoms with Crippen LogP contribution in [0.2, 0.25) is 0 Å². The fourth-order valence-corrected chi connectivity index (χ4v) is 2.47. The predicted octanol–water partition coefficient (Wildman–Crippen LogP) is 3.20. The van der Waals surface area contributed by atoms with Gasteiger partial charge in [0.05, 0.1) is 25.8 Å². The molecule has 0 rings (SSSR count). The van der Waals surface area contributed by atoms with Gasteiger partial charge >= 0.3 is 13.8 Å². The summed E-state index contributed by atoms with van der Waals surface area (Å²) in [5, 5.41) is 0. The maximum Gasteiger partial charge on any atom is 0.389 e. The molecule has 14 heavy (non-hydrogen) atoms. The first-order chi connectivity index (χ1) is 6.33. The lowest BCUT2D eigenvalue weighted by molar-refractivity contribution is -0.130. The van der Waals surface area contributed by atoms with Crippen LogP contribution in [-0.4, -0.2) is 25.6 Å². The minimum Gasteiger partial charge on any atom is -0.309 e. The molecule has 0 aromatic carbocycles. The Hall–Kier alpha value is -0.0600. The van der Waals surface area contributed by atoms with E-state index in [9.17, 15) is 17.7 Å². The molecule has 0 saturated carbocycles. The third kappa shape index (κ3) is 6.40. The highest BCUT2D eigenvalue weighted by Crippen LogP contribution is 2.49. The van der Waals surface area contributed by atoms with Gasteiger partial charge in [-0.1, -0.05) is 0 Å². The van der Waals surface area contributed by atoms with Gasteiger partial charge < -0.3 is 9.05 Å². The van der Waals surface area contributed by atoms with E-state index in [1.54, 1.807) is 13.8 Å². The van der Waals surface area contributed by atoms with Crippen molar-refractivity contribution in [2.75, 3.05) is 19.4 Å². The summed E-state index contributed by atoms with van der Waals surface area (Å²) in [4.78, 5) is 0. The topological polar surface area (TPSA) is 35.5 Å². The van der Waals surface area contributed by atoms with E-state index in [1.165, 1.54) is 0 Å². The lowest BCUT2D eigenvalue weighted by Crippen LogP contribution is -2.12. The van der Waals surface area contributed by atoms with Gasteiger partial charge in [0, 0.05) is 0 Å². The minimum absolute atomic E-state index is 0.0785. The second-order valence-electron chi connectivity index (χ2n) is 2.54. The summed E-state index contributed by atoms with van der Waals surface area (Å²) in [6.07, 6.45) is -6.09. The van der Waals surface area contributed by atoms with Gasteiger partial charge in [0.2, 0.25) is 0 Å². The SMILES string of the molecule is CCOP(=O)(CCC(F)(F)F)OCC. The van der Waals surface area contributed by atoms with Crippen LogP contribution in [-0.2, 0) is 13.6 Å². The number of halogens is 3. The summed E-state index contributed by atoms with van der Waals surface area (Å²) in [6.45, 7) is 3.27. The van der Waals surface area contributed by atoms with Crippen molar-refractivity contribution < 1.29 is 26.8 Å². The zero-order valence-corrected chi connectivity index (χ0v) is 9.03. The van der Waals surface area contributed by atoms with Gasteiger partial charge in [-0.2, -0.15) is 13.2 Å². The molecule has 0 heterocycles. The van der Waals surface area contributed by atoms with E-state index in [2.05, 4.69) is 0 Å². The lowest BCUT2D eigenvalue weighted by Gasteiger charge is -2.17. The quantitative estimate of drug-likeness (QED) is 0.662. The molecule has 0 aromatic rings. The summed E-state index contributed by atoms with van der Waals surface area (Å²) in [5.74, 6) is 0. The molecule has 7 heteroatoms. The molecular formula is C7H14F3O3P. The fourth-order valence-electron chi connectivity index (χ4n) is 0.823. The van der Waals surface area contributed by atoms with E-state index in [1.807, 2.05) is 0 Å². The molecule has 0 aliphatic heterocycles. The van der Waals surface area contributed by atoms with Gasteiger partial charge in [0.1, 0.15) is 0 Å². The van der Waals surface area contributed by atoms with Gasteiger partial charge in [0.15, 0.2) is 0 Å². The minimum atomic E-state index is -4.33. The van der Waals surface area contributed by atoms with Crippen LogP contribution in [0, 0.1) is 0 Å². The van der Waals surface area contributed by atoms with Gasteiger partial charge in [0.25, 0.3) is 0 Å². The molecule has 0 fully saturated rings. The molecule has 0 N–H and O–H groups in total. The van der Waals surface area contributed by atoms with Crippen molar-refractivity contribution in [2.24, 2.45) is 0 Å². The highest BCUT2D eigenvalue weighted by molar-refractivity contribution is 7.53. The van der Waals surface area contributed by atoms with E-state index in [0.717, 1.165) is 0 Å². The average Bonchev–Trinajstić information content (AvgIpc) is 2.01. The summed E-state index contributed by atoms with van der Waals surface area (Å²) in [5.41, 5.74) is 0. The number of alkyl halides is 3. The average molecular weight is 234 g/mol. The molecule has 0 saturated heterocycles. The molecule has 0 aliphatic rings. The number of hydrogen-bond donors (Lipinski definition) is 0. The van der Waals surface area contributed by atoms with Crippen LogP contribution < -0.4 is 0 Å². The Morgan fingerprint density at radius 2 is 1.57 bits per heavy atom. The highest BCUT2D eigenvalue weighted by Gasteiger charge is 2.33. The Kier molecular flexibility index (Phi) is 5.71. The predicted molar refractivity (Wildman–Crippen MR) is 46.4 cm³/mol. The second kappa shape index (κ2) is 5.73. The second-order valence-corrected chi connectivity index (χ2v) is 4.72. The maximum atomic E-state index is 11.8. The Labute approximate surface area is 81.1 Å². The molecule has 0 radical (unpaired) electrons. The van der Waals surface area contributed by atoms with Crippen LogP contribution in [0.25, 0.3) is 0 Å². The van der Waals surface area contributed by atoms with Crippen LogP contribution in [0.5, 0.6) is 0 Å². The van der Waals surface area contributed by atoms with Gasteiger partial charge in [-0.15, -0.1) is 0 Å². The Morgan fingerprint density at radius 1 is 1.14 bits per heavy atom. The molecule has 0 amide bonds. The van der Waals surface area contributed by atoms with Gasteiger partial charge in [-0.3, -0.25) is 4.57 Å². The molecule has 0 aliphatic carbocycles. The monoisotopic (exact) mass is 234 g/mol.